The average Bonchev–Trinajstić information content (AvgIpc) is 3.21. The molecule has 1 unspecified atom stereocenters. The Bertz CT molecular complexity index is 1370. The van der Waals surface area contributed by atoms with Gasteiger partial charge < -0.3 is 15.5 Å². The number of ketones is 1. The maximum absolute atomic E-state index is 13.2. The lowest BCUT2D eigenvalue weighted by molar-refractivity contribution is -0.125. The molecule has 2 N–H and O–H groups in total. The fourth-order valence-electron chi connectivity index (χ4n) is 4.45. The number of hydrogen-bond donors (Lipinski definition) is 2. The molecule has 0 spiro atoms. The van der Waals surface area contributed by atoms with Crippen LogP contribution in [-0.2, 0) is 16.0 Å². The highest BCUT2D eigenvalue weighted by Crippen LogP contribution is 2.27. The number of piperidine rings is 1. The highest BCUT2D eigenvalue weighted by atomic mass is 32.1. The Labute approximate surface area is 208 Å². The third-order valence-corrected chi connectivity index (χ3v) is 7.39. The van der Waals surface area contributed by atoms with Gasteiger partial charge in [-0.25, -0.2) is 4.98 Å². The van der Waals surface area contributed by atoms with Crippen LogP contribution in [0.5, 0.6) is 0 Å². The summed E-state index contributed by atoms with van der Waals surface area (Å²) in [6.45, 7) is 7.84. The largest absolute Gasteiger partial charge is 0.378 e. The number of nitrogens with zero attached hydrogens (tertiary/aromatic N) is 3. The van der Waals surface area contributed by atoms with Crippen LogP contribution in [0.2, 0.25) is 0 Å². The van der Waals surface area contributed by atoms with Crippen LogP contribution in [0.1, 0.15) is 41.6 Å². The molecule has 4 rings (SSSR count). The third kappa shape index (κ3) is 5.14. The lowest BCUT2D eigenvalue weighted by atomic mass is 10.0. The highest BCUT2D eigenvalue weighted by Gasteiger charge is 2.29. The van der Waals surface area contributed by atoms with Gasteiger partial charge in [0.2, 0.25) is 5.91 Å². The first-order chi connectivity index (χ1) is 16.7. The number of nitrogens with one attached hydrogen (secondary N) is 2. The summed E-state index contributed by atoms with van der Waals surface area (Å²) in [7, 11) is 3.99. The molecule has 1 aliphatic rings. The lowest BCUT2D eigenvalue weighted by Gasteiger charge is -2.26. The first kappa shape index (κ1) is 24.7. The van der Waals surface area contributed by atoms with Crippen molar-refractivity contribution >= 4 is 45.3 Å². The van der Waals surface area contributed by atoms with Gasteiger partial charge in [-0.1, -0.05) is 12.6 Å². The van der Waals surface area contributed by atoms with Crippen molar-refractivity contribution in [3.8, 4) is 0 Å². The van der Waals surface area contributed by atoms with Crippen molar-refractivity contribution in [1.29, 1.82) is 0 Å². The number of carbonyl (C=O) groups excluding carboxylic acids is 2. The van der Waals surface area contributed by atoms with Gasteiger partial charge in [-0.05, 0) is 50.8 Å². The number of benzene rings is 1. The first-order valence-corrected chi connectivity index (χ1v) is 12.5. The van der Waals surface area contributed by atoms with Crippen LogP contribution in [0.3, 0.4) is 0 Å². The van der Waals surface area contributed by atoms with Gasteiger partial charge in [0, 0.05) is 47.8 Å². The number of carbonyl (C=O) groups is 2. The SMILES string of the molecule is C=C1CCC(n2c(C)nc3c(CCC(=O)CNc4ccc(C)c(N(C)C)c4)scc3c2=O)C(=O)N1. The molecule has 184 valence electrons. The van der Waals surface area contributed by atoms with Crippen LogP contribution in [0.15, 0.2) is 40.6 Å². The van der Waals surface area contributed by atoms with Crippen molar-refractivity contribution in [2.75, 3.05) is 30.9 Å². The van der Waals surface area contributed by atoms with Crippen molar-refractivity contribution in [3.05, 3.63) is 62.5 Å². The van der Waals surface area contributed by atoms with Gasteiger partial charge in [0.1, 0.15) is 11.9 Å². The van der Waals surface area contributed by atoms with E-state index in [-0.39, 0.29) is 23.8 Å². The van der Waals surface area contributed by atoms with E-state index in [2.05, 4.69) is 29.1 Å². The van der Waals surface area contributed by atoms with Crippen LogP contribution in [0, 0.1) is 13.8 Å². The van der Waals surface area contributed by atoms with Gasteiger partial charge in [-0.15, -0.1) is 11.3 Å². The number of Topliss-reactive ketones (excluding diaryl/α,β-unsaturated/α-hetero) is 1. The molecule has 1 aromatic carbocycles. The summed E-state index contributed by atoms with van der Waals surface area (Å²) >= 11 is 1.44. The molecule has 8 nitrogen and oxygen atoms in total. The number of rotatable bonds is 8. The Morgan fingerprint density at radius 3 is 2.80 bits per heavy atom. The van der Waals surface area contributed by atoms with Crippen molar-refractivity contribution in [3.63, 3.8) is 0 Å². The molecule has 0 radical (unpaired) electrons. The molecule has 9 heteroatoms. The molecule has 2 aromatic heterocycles. The van der Waals surface area contributed by atoms with Gasteiger partial charge in [-0.3, -0.25) is 19.0 Å². The Balaban J connectivity index is 1.44. The zero-order valence-electron chi connectivity index (χ0n) is 20.6. The van der Waals surface area contributed by atoms with Gasteiger partial charge in [0.05, 0.1) is 17.4 Å². The second-order valence-electron chi connectivity index (χ2n) is 9.19. The predicted molar refractivity (Wildman–Crippen MR) is 141 cm³/mol. The van der Waals surface area contributed by atoms with Crippen molar-refractivity contribution < 1.29 is 9.59 Å². The predicted octanol–water partition coefficient (Wildman–Crippen LogP) is 3.72. The summed E-state index contributed by atoms with van der Waals surface area (Å²) in [5.74, 6) is 0.356. The minimum Gasteiger partial charge on any atom is -0.378 e. The molecule has 1 saturated heterocycles. The smallest absolute Gasteiger partial charge is 0.262 e. The Morgan fingerprint density at radius 1 is 1.31 bits per heavy atom. The van der Waals surface area contributed by atoms with E-state index in [4.69, 9.17) is 0 Å². The summed E-state index contributed by atoms with van der Waals surface area (Å²) in [5.41, 5.74) is 4.27. The second-order valence-corrected chi connectivity index (χ2v) is 10.2. The number of allylic oxidation sites excluding steroid dienone is 1. The Hall–Kier alpha value is -3.46. The number of thiophene rings is 1. The van der Waals surface area contributed by atoms with E-state index < -0.39 is 6.04 Å². The molecular weight excluding hydrogens is 462 g/mol. The van der Waals surface area contributed by atoms with Gasteiger partial charge in [-0.2, -0.15) is 0 Å². The minimum atomic E-state index is -0.587. The first-order valence-electron chi connectivity index (χ1n) is 11.7. The normalized spacial score (nSPS) is 15.8. The number of aryl methyl sites for hydroxylation is 3. The van der Waals surface area contributed by atoms with E-state index >= 15 is 0 Å². The molecular formula is C26H31N5O3S. The summed E-state index contributed by atoms with van der Waals surface area (Å²) in [5, 5.41) is 8.24. The van der Waals surface area contributed by atoms with Crippen molar-refractivity contribution in [1.82, 2.24) is 14.9 Å². The van der Waals surface area contributed by atoms with E-state index in [1.54, 1.807) is 12.3 Å². The quantitative estimate of drug-likeness (QED) is 0.497. The number of anilines is 2. The van der Waals surface area contributed by atoms with E-state index in [9.17, 15) is 14.4 Å². The number of fused-ring (bicyclic) bond motifs is 1. The molecule has 0 aliphatic carbocycles. The summed E-state index contributed by atoms with van der Waals surface area (Å²) in [6, 6.07) is 5.46. The van der Waals surface area contributed by atoms with Crippen LogP contribution in [-0.4, -0.2) is 41.9 Å². The Morgan fingerprint density at radius 2 is 2.09 bits per heavy atom. The van der Waals surface area contributed by atoms with Gasteiger partial charge in [0.25, 0.3) is 5.56 Å². The summed E-state index contributed by atoms with van der Waals surface area (Å²) < 4.78 is 1.49. The topological polar surface area (TPSA) is 96.3 Å². The molecule has 3 heterocycles. The standard InChI is InChI=1S/C26H31N5O3S/c1-15-6-8-18(12-22(15)30(4)5)27-13-19(32)9-11-23-24-20(14-35-23)26(34)31(17(3)29-24)21-10-7-16(2)28-25(21)33/h6,8,12,14,21,27H,2,7,9-11,13H2,1,3-5H3,(H,28,33). The van der Waals surface area contributed by atoms with E-state index in [0.29, 0.717) is 48.1 Å². The zero-order valence-corrected chi connectivity index (χ0v) is 21.4. The van der Waals surface area contributed by atoms with Crippen LogP contribution in [0.25, 0.3) is 10.9 Å². The monoisotopic (exact) mass is 493 g/mol. The fraction of sp³-hybridized carbons (Fsp3) is 0.385. The third-order valence-electron chi connectivity index (χ3n) is 6.36. The van der Waals surface area contributed by atoms with Crippen LogP contribution in [0.4, 0.5) is 11.4 Å². The molecule has 1 atom stereocenters. The number of hydrogen-bond acceptors (Lipinski definition) is 7. The highest BCUT2D eigenvalue weighted by molar-refractivity contribution is 7.11. The number of aromatic nitrogens is 2. The van der Waals surface area contributed by atoms with Crippen LogP contribution >= 0.6 is 11.3 Å². The molecule has 1 amide bonds. The van der Waals surface area contributed by atoms with Crippen molar-refractivity contribution in [2.45, 2.75) is 45.6 Å². The molecule has 1 fully saturated rings. The lowest BCUT2D eigenvalue weighted by Crippen LogP contribution is -2.41. The van der Waals surface area contributed by atoms with E-state index in [0.717, 1.165) is 16.3 Å². The summed E-state index contributed by atoms with van der Waals surface area (Å²) in [4.78, 5) is 45.9. The fourth-order valence-corrected chi connectivity index (χ4v) is 5.41. The molecule has 1 aliphatic heterocycles. The van der Waals surface area contributed by atoms with E-state index in [1.807, 2.05) is 37.2 Å². The number of amides is 1. The molecule has 0 saturated carbocycles. The van der Waals surface area contributed by atoms with Gasteiger partial charge in [0.15, 0.2) is 5.78 Å². The zero-order chi connectivity index (χ0) is 25.3. The average molecular weight is 494 g/mol. The minimum absolute atomic E-state index is 0.0858. The molecule has 0 bridgehead atoms. The molecule has 3 aromatic rings. The maximum Gasteiger partial charge on any atom is 0.262 e. The maximum atomic E-state index is 13.2. The molecule has 35 heavy (non-hydrogen) atoms. The van der Waals surface area contributed by atoms with E-state index in [1.165, 1.54) is 21.5 Å². The van der Waals surface area contributed by atoms with Crippen molar-refractivity contribution in [2.24, 2.45) is 0 Å². The van der Waals surface area contributed by atoms with Crippen LogP contribution < -0.4 is 21.1 Å². The second kappa shape index (κ2) is 10.0. The summed E-state index contributed by atoms with van der Waals surface area (Å²) in [6.07, 6.45) is 2.02. The Kier molecular flexibility index (Phi) is 7.07. The van der Waals surface area contributed by atoms with Gasteiger partial charge >= 0.3 is 0 Å².